The second-order valence-electron chi connectivity index (χ2n) is 4.93. The Morgan fingerprint density at radius 3 is 1.65 bits per heavy atom. The summed E-state index contributed by atoms with van der Waals surface area (Å²) >= 11 is 0. The molecule has 0 aromatic heterocycles. The molecule has 0 aliphatic carbocycles. The SMILES string of the molecule is C=CCCC.CC=CCC.CCC(C)C.O=C1C=CC(=O)O1.[HH].[Na]. The number of ether oxygens (including phenoxy) is 1. The van der Waals surface area contributed by atoms with Gasteiger partial charge in [-0.25, -0.2) is 9.59 Å². The molecule has 3 nitrogen and oxygen atoms in total. The smallest absolute Gasteiger partial charge is 0.338 e. The molecular formula is C19H36NaO3. The van der Waals surface area contributed by atoms with E-state index >= 15 is 0 Å². The minimum absolute atomic E-state index is 0. The van der Waals surface area contributed by atoms with Crippen LogP contribution in [-0.4, -0.2) is 41.5 Å². The number of allylic oxidation sites excluding steroid dienone is 3. The van der Waals surface area contributed by atoms with Gasteiger partial charge in [0.15, 0.2) is 0 Å². The van der Waals surface area contributed by atoms with E-state index in [1.807, 2.05) is 13.0 Å². The van der Waals surface area contributed by atoms with Gasteiger partial charge in [0.05, 0.1) is 0 Å². The van der Waals surface area contributed by atoms with Crippen LogP contribution in [0.3, 0.4) is 0 Å². The van der Waals surface area contributed by atoms with Crippen molar-refractivity contribution >= 4 is 41.5 Å². The quantitative estimate of drug-likeness (QED) is 0.295. The fraction of sp³-hybridized carbons (Fsp3) is 0.579. The van der Waals surface area contributed by atoms with Gasteiger partial charge in [-0.2, -0.15) is 0 Å². The Kier molecular flexibility index (Phi) is 34.6. The molecule has 0 atom stereocenters. The molecule has 0 aromatic carbocycles. The molecule has 1 radical (unpaired) electrons. The number of hydrogen-bond donors (Lipinski definition) is 0. The summed E-state index contributed by atoms with van der Waals surface area (Å²) in [6.45, 7) is 16.5. The maximum atomic E-state index is 9.92. The van der Waals surface area contributed by atoms with Gasteiger partial charge in [0.2, 0.25) is 0 Å². The molecule has 1 aliphatic rings. The summed E-state index contributed by atoms with van der Waals surface area (Å²) < 4.78 is 3.97. The van der Waals surface area contributed by atoms with Crippen molar-refractivity contribution in [1.29, 1.82) is 0 Å². The van der Waals surface area contributed by atoms with E-state index < -0.39 is 11.9 Å². The summed E-state index contributed by atoms with van der Waals surface area (Å²) in [5.41, 5.74) is 0. The first-order valence-electron chi connectivity index (χ1n) is 8.05. The summed E-state index contributed by atoms with van der Waals surface area (Å²) in [7, 11) is 0. The number of rotatable bonds is 4. The monoisotopic (exact) mass is 335 g/mol. The molecule has 1 heterocycles. The largest absolute Gasteiger partial charge is 0.387 e. The molecule has 0 bridgehead atoms. The normalized spacial score (nSPS) is 11.3. The van der Waals surface area contributed by atoms with Crippen molar-refractivity contribution in [2.75, 3.05) is 0 Å². The fourth-order valence-corrected chi connectivity index (χ4v) is 0.743. The van der Waals surface area contributed by atoms with E-state index in [1.54, 1.807) is 0 Å². The average molecular weight is 335 g/mol. The number of cyclic esters (lactones) is 2. The summed E-state index contributed by atoms with van der Waals surface area (Å²) in [5.74, 6) is -0.273. The third-order valence-electron chi connectivity index (χ3n) is 2.34. The van der Waals surface area contributed by atoms with Crippen molar-refractivity contribution in [3.63, 3.8) is 0 Å². The predicted molar refractivity (Wildman–Crippen MR) is 103 cm³/mol. The van der Waals surface area contributed by atoms with Crippen LogP contribution in [0, 0.1) is 5.92 Å². The molecule has 0 saturated carbocycles. The molecule has 0 amide bonds. The summed E-state index contributed by atoms with van der Waals surface area (Å²) in [6, 6.07) is 0. The zero-order chi connectivity index (χ0) is 17.8. The van der Waals surface area contributed by atoms with E-state index in [1.165, 1.54) is 12.8 Å². The first-order chi connectivity index (χ1) is 10.4. The molecule has 0 unspecified atom stereocenters. The van der Waals surface area contributed by atoms with Crippen LogP contribution in [0.4, 0.5) is 0 Å². The molecule has 23 heavy (non-hydrogen) atoms. The van der Waals surface area contributed by atoms with Gasteiger partial charge in [0.25, 0.3) is 0 Å². The zero-order valence-electron chi connectivity index (χ0n) is 16.2. The summed E-state index contributed by atoms with van der Waals surface area (Å²) in [4.78, 5) is 19.8. The predicted octanol–water partition coefficient (Wildman–Crippen LogP) is 5.49. The standard InChI is InChI=1S/C5H12.2C5H10.C4H2O3.Na.H2/c1-4-5(2)3;2*1-3-5-4-2;5-3-1-2-4(6)7-3;;/h5H,4H2,1-3H3;3,5H,4H2,1-2H3;3H,1,4-5H2,2H3;1-2H;;1H. The van der Waals surface area contributed by atoms with Gasteiger partial charge in [0, 0.05) is 43.1 Å². The molecule has 0 fully saturated rings. The van der Waals surface area contributed by atoms with E-state index in [9.17, 15) is 9.59 Å². The van der Waals surface area contributed by atoms with E-state index in [4.69, 9.17) is 0 Å². The van der Waals surface area contributed by atoms with Gasteiger partial charge in [-0.15, -0.1) is 6.58 Å². The van der Waals surface area contributed by atoms with Crippen molar-refractivity contribution < 1.29 is 15.8 Å². The molecule has 1 rings (SSSR count). The van der Waals surface area contributed by atoms with Crippen molar-refractivity contribution in [3.05, 3.63) is 37.0 Å². The zero-order valence-corrected chi connectivity index (χ0v) is 18.2. The second-order valence-corrected chi connectivity index (χ2v) is 4.93. The van der Waals surface area contributed by atoms with E-state index in [0.717, 1.165) is 30.9 Å². The first kappa shape index (κ1) is 30.3. The molecule has 0 saturated heterocycles. The minimum Gasteiger partial charge on any atom is -0.387 e. The number of unbranched alkanes of at least 4 members (excludes halogenated alkanes) is 1. The summed E-state index contributed by atoms with van der Waals surface area (Å²) in [6.07, 6.45) is 13.1. The minimum atomic E-state index is -0.579. The maximum absolute atomic E-state index is 9.92. The Morgan fingerprint density at radius 1 is 1.17 bits per heavy atom. The molecular weight excluding hydrogens is 299 g/mol. The molecule has 131 valence electrons. The van der Waals surface area contributed by atoms with Gasteiger partial charge in [-0.3, -0.25) is 0 Å². The number of esters is 2. The van der Waals surface area contributed by atoms with Gasteiger partial charge in [0.1, 0.15) is 0 Å². The van der Waals surface area contributed by atoms with Crippen LogP contribution < -0.4 is 0 Å². The molecule has 0 N–H and O–H groups in total. The van der Waals surface area contributed by atoms with Crippen LogP contribution >= 0.6 is 0 Å². The van der Waals surface area contributed by atoms with Gasteiger partial charge in [-0.05, 0) is 25.7 Å². The van der Waals surface area contributed by atoms with E-state index in [-0.39, 0.29) is 31.0 Å². The Bertz CT molecular complexity index is 322. The van der Waals surface area contributed by atoms with Crippen LogP contribution in [0.2, 0.25) is 0 Å². The van der Waals surface area contributed by atoms with Gasteiger partial charge >= 0.3 is 11.9 Å². The van der Waals surface area contributed by atoms with Crippen molar-refractivity contribution in [2.24, 2.45) is 5.92 Å². The van der Waals surface area contributed by atoms with E-state index in [2.05, 4.69) is 58.1 Å². The molecule has 1 aliphatic heterocycles. The number of hydrogen-bond acceptors (Lipinski definition) is 3. The Balaban J connectivity index is -0.0000000661. The molecule has 4 heteroatoms. The molecule has 0 spiro atoms. The van der Waals surface area contributed by atoms with E-state index in [0.29, 0.717) is 0 Å². The molecule has 0 aromatic rings. The van der Waals surface area contributed by atoms with Crippen molar-refractivity contribution in [3.8, 4) is 0 Å². The Labute approximate surface area is 167 Å². The average Bonchev–Trinajstić information content (AvgIpc) is 2.86. The number of carbonyl (C=O) groups is 2. The fourth-order valence-electron chi connectivity index (χ4n) is 0.743. The van der Waals surface area contributed by atoms with Crippen molar-refractivity contribution in [2.45, 2.75) is 67.2 Å². The van der Waals surface area contributed by atoms with Gasteiger partial charge < -0.3 is 4.74 Å². The first-order valence-corrected chi connectivity index (χ1v) is 8.05. The Hall–Kier alpha value is -0.640. The van der Waals surface area contributed by atoms with Crippen LogP contribution in [-0.2, 0) is 14.3 Å². The van der Waals surface area contributed by atoms with Crippen molar-refractivity contribution in [1.82, 2.24) is 0 Å². The van der Waals surface area contributed by atoms with Crippen LogP contribution in [0.5, 0.6) is 0 Å². The topological polar surface area (TPSA) is 43.4 Å². The van der Waals surface area contributed by atoms with Crippen LogP contribution in [0.1, 0.15) is 68.7 Å². The Morgan fingerprint density at radius 2 is 1.61 bits per heavy atom. The maximum Gasteiger partial charge on any atom is 0.338 e. The van der Waals surface area contributed by atoms with Crippen LogP contribution in [0.15, 0.2) is 37.0 Å². The summed E-state index contributed by atoms with van der Waals surface area (Å²) in [5, 5.41) is 0. The van der Waals surface area contributed by atoms with Crippen LogP contribution in [0.25, 0.3) is 0 Å². The number of carbonyl (C=O) groups excluding carboxylic acids is 2. The third-order valence-corrected chi connectivity index (χ3v) is 2.34. The third kappa shape index (κ3) is 38.8. The van der Waals surface area contributed by atoms with Gasteiger partial charge in [-0.1, -0.05) is 65.7 Å². The second kappa shape index (κ2) is 26.3.